The lowest BCUT2D eigenvalue weighted by Gasteiger charge is -2.38. The Morgan fingerprint density at radius 2 is 1.78 bits per heavy atom. The molecule has 2 aromatic rings. The van der Waals surface area contributed by atoms with Gasteiger partial charge in [0.1, 0.15) is 16.7 Å². The summed E-state index contributed by atoms with van der Waals surface area (Å²) in [7, 11) is -0.477. The van der Waals surface area contributed by atoms with Crippen molar-refractivity contribution in [2.75, 3.05) is 32.6 Å². The molecule has 0 unspecified atom stereocenters. The van der Waals surface area contributed by atoms with E-state index in [1.165, 1.54) is 43.4 Å². The molecule has 1 N–H and O–H groups in total. The molecule has 9 heteroatoms. The highest BCUT2D eigenvalue weighted by Crippen LogP contribution is 2.30. The summed E-state index contributed by atoms with van der Waals surface area (Å²) in [5.41, 5.74) is 0.479. The number of hydrogen-bond donors (Lipinski definition) is 1. The summed E-state index contributed by atoms with van der Waals surface area (Å²) in [6.45, 7) is 0.241. The third-order valence-electron chi connectivity index (χ3n) is 4.37. The van der Waals surface area contributed by atoms with Crippen LogP contribution in [0, 0.1) is 0 Å². The molecule has 1 aliphatic rings. The average molecular weight is 411 g/mol. The maximum atomic E-state index is 12.6. The van der Waals surface area contributed by atoms with E-state index in [1.807, 2.05) is 0 Å². The normalized spacial score (nSPS) is 14.4. The molecule has 0 aliphatic carbocycles. The van der Waals surface area contributed by atoms with Crippen LogP contribution in [0.4, 0.5) is 10.5 Å². The molecule has 1 aliphatic heterocycles. The molecular formula is C18H19ClN2O5S. The van der Waals surface area contributed by atoms with Crippen LogP contribution in [0.25, 0.3) is 0 Å². The Balaban J connectivity index is 1.64. The number of ether oxygens (including phenoxy) is 2. The van der Waals surface area contributed by atoms with Gasteiger partial charge < -0.3 is 19.7 Å². The summed E-state index contributed by atoms with van der Waals surface area (Å²) in [4.78, 5) is 14.0. The molecule has 0 radical (unpaired) electrons. The number of likely N-dealkylation sites (tertiary alicyclic amines) is 1. The lowest BCUT2D eigenvalue weighted by atomic mass is 10.2. The van der Waals surface area contributed by atoms with Gasteiger partial charge in [0, 0.05) is 24.2 Å². The number of nitrogens with zero attached hydrogens (tertiary/aromatic N) is 1. The van der Waals surface area contributed by atoms with Crippen LogP contribution < -0.4 is 14.8 Å². The zero-order valence-electron chi connectivity index (χ0n) is 14.8. The van der Waals surface area contributed by atoms with E-state index in [2.05, 4.69) is 5.32 Å². The first-order valence-corrected chi connectivity index (χ1v) is 10.0. The second kappa shape index (κ2) is 7.66. The molecular weight excluding hydrogens is 392 g/mol. The van der Waals surface area contributed by atoms with Gasteiger partial charge in [0.05, 0.1) is 24.8 Å². The molecule has 0 bridgehead atoms. The summed E-state index contributed by atoms with van der Waals surface area (Å²) in [6, 6.07) is 10.6. The number of methoxy groups -OCH3 is 2. The fraction of sp³-hybridized carbons (Fsp3) is 0.278. The molecule has 1 saturated heterocycles. The molecule has 144 valence electrons. The van der Waals surface area contributed by atoms with Crippen LogP contribution in [-0.2, 0) is 9.84 Å². The van der Waals surface area contributed by atoms with Gasteiger partial charge in [-0.3, -0.25) is 0 Å². The molecule has 1 fully saturated rings. The fourth-order valence-corrected chi connectivity index (χ4v) is 4.49. The molecule has 2 amide bonds. The lowest BCUT2D eigenvalue weighted by molar-refractivity contribution is 0.182. The number of urea groups is 1. The van der Waals surface area contributed by atoms with Crippen molar-refractivity contribution in [2.45, 2.75) is 10.1 Å². The van der Waals surface area contributed by atoms with Crippen LogP contribution >= 0.6 is 11.6 Å². The summed E-state index contributed by atoms with van der Waals surface area (Å²) in [5.74, 6) is 1.05. The van der Waals surface area contributed by atoms with Gasteiger partial charge in [-0.2, -0.15) is 0 Å². The number of sulfone groups is 1. The van der Waals surface area contributed by atoms with E-state index in [4.69, 9.17) is 21.1 Å². The van der Waals surface area contributed by atoms with Crippen molar-refractivity contribution in [3.63, 3.8) is 0 Å². The Labute approximate surface area is 162 Å². The monoisotopic (exact) mass is 410 g/mol. The summed E-state index contributed by atoms with van der Waals surface area (Å²) >= 11 is 5.80. The Hall–Kier alpha value is -2.45. The van der Waals surface area contributed by atoms with E-state index in [0.717, 1.165) is 0 Å². The topological polar surface area (TPSA) is 84.9 Å². The van der Waals surface area contributed by atoms with E-state index in [1.54, 1.807) is 18.2 Å². The molecule has 0 atom stereocenters. The van der Waals surface area contributed by atoms with Gasteiger partial charge in [-0.15, -0.1) is 0 Å². The minimum absolute atomic E-state index is 0.120. The molecule has 0 saturated carbocycles. The van der Waals surface area contributed by atoms with Crippen molar-refractivity contribution in [1.29, 1.82) is 0 Å². The smallest absolute Gasteiger partial charge is 0.322 e. The number of carbonyl (C=O) groups excluding carboxylic acids is 1. The first kappa shape index (κ1) is 19.3. The highest BCUT2D eigenvalue weighted by molar-refractivity contribution is 7.92. The lowest BCUT2D eigenvalue weighted by Crippen LogP contribution is -2.58. The minimum Gasteiger partial charge on any atom is -0.497 e. The number of rotatable bonds is 5. The van der Waals surface area contributed by atoms with E-state index in [-0.39, 0.29) is 24.0 Å². The van der Waals surface area contributed by atoms with Crippen molar-refractivity contribution < 1.29 is 22.7 Å². The van der Waals surface area contributed by atoms with Gasteiger partial charge in [0.25, 0.3) is 0 Å². The number of hydrogen-bond acceptors (Lipinski definition) is 5. The molecule has 3 rings (SSSR count). The van der Waals surface area contributed by atoms with Gasteiger partial charge in [-0.25, -0.2) is 13.2 Å². The van der Waals surface area contributed by atoms with Crippen molar-refractivity contribution in [3.8, 4) is 11.5 Å². The van der Waals surface area contributed by atoms with Crippen LogP contribution in [0.15, 0.2) is 47.4 Å². The van der Waals surface area contributed by atoms with Crippen molar-refractivity contribution in [3.05, 3.63) is 47.5 Å². The van der Waals surface area contributed by atoms with Gasteiger partial charge >= 0.3 is 6.03 Å². The fourth-order valence-electron chi connectivity index (χ4n) is 2.71. The minimum atomic E-state index is -3.50. The number of anilines is 1. The molecule has 27 heavy (non-hydrogen) atoms. The molecule has 1 heterocycles. The highest BCUT2D eigenvalue weighted by atomic mass is 35.5. The van der Waals surface area contributed by atoms with E-state index < -0.39 is 15.1 Å². The summed E-state index contributed by atoms with van der Waals surface area (Å²) in [5, 5.41) is 2.56. The Kier molecular flexibility index (Phi) is 5.48. The van der Waals surface area contributed by atoms with Gasteiger partial charge in [-0.05, 0) is 36.4 Å². The molecule has 0 aromatic heterocycles. The molecule has 2 aromatic carbocycles. The third-order valence-corrected chi connectivity index (χ3v) is 6.72. The number of nitrogens with one attached hydrogen (secondary N) is 1. The van der Waals surface area contributed by atoms with Crippen LogP contribution in [0.3, 0.4) is 0 Å². The van der Waals surface area contributed by atoms with Crippen molar-refractivity contribution >= 4 is 33.2 Å². The number of benzene rings is 2. The first-order chi connectivity index (χ1) is 12.8. The zero-order chi connectivity index (χ0) is 19.6. The Morgan fingerprint density at radius 1 is 1.11 bits per heavy atom. The predicted octanol–water partition coefficient (Wildman–Crippen LogP) is 3.05. The maximum absolute atomic E-state index is 12.6. The number of amides is 2. The predicted molar refractivity (Wildman–Crippen MR) is 103 cm³/mol. The van der Waals surface area contributed by atoms with Gasteiger partial charge in [0.15, 0.2) is 9.84 Å². The van der Waals surface area contributed by atoms with Crippen LogP contribution in [0.1, 0.15) is 0 Å². The second-order valence-electron chi connectivity index (χ2n) is 6.02. The van der Waals surface area contributed by atoms with Crippen LogP contribution in [0.2, 0.25) is 5.02 Å². The third kappa shape index (κ3) is 3.96. The SMILES string of the molecule is COc1ccc(NC(=O)N2CC(S(=O)(=O)c3ccc(Cl)cc3)C2)c(OC)c1. The van der Waals surface area contributed by atoms with E-state index >= 15 is 0 Å². The Morgan fingerprint density at radius 3 is 2.37 bits per heavy atom. The van der Waals surface area contributed by atoms with Gasteiger partial charge in [0.2, 0.25) is 0 Å². The van der Waals surface area contributed by atoms with Crippen LogP contribution in [-0.4, -0.2) is 51.9 Å². The van der Waals surface area contributed by atoms with Crippen molar-refractivity contribution in [2.24, 2.45) is 0 Å². The highest BCUT2D eigenvalue weighted by Gasteiger charge is 2.40. The zero-order valence-corrected chi connectivity index (χ0v) is 16.4. The number of halogens is 1. The van der Waals surface area contributed by atoms with Gasteiger partial charge in [-0.1, -0.05) is 11.6 Å². The standard InChI is InChI=1S/C18H19ClN2O5S/c1-25-13-5-8-16(17(9-13)26-2)20-18(22)21-10-15(11-21)27(23,24)14-6-3-12(19)4-7-14/h3-9,15H,10-11H2,1-2H3,(H,20,22). The second-order valence-corrected chi connectivity index (χ2v) is 8.69. The quantitative estimate of drug-likeness (QED) is 0.818. The summed E-state index contributed by atoms with van der Waals surface area (Å²) < 4.78 is 35.5. The first-order valence-electron chi connectivity index (χ1n) is 8.12. The van der Waals surface area contributed by atoms with Crippen molar-refractivity contribution in [1.82, 2.24) is 4.90 Å². The Bertz CT molecular complexity index is 941. The van der Waals surface area contributed by atoms with E-state index in [9.17, 15) is 13.2 Å². The van der Waals surface area contributed by atoms with Crippen LogP contribution in [0.5, 0.6) is 11.5 Å². The largest absolute Gasteiger partial charge is 0.497 e. The summed E-state index contributed by atoms with van der Waals surface area (Å²) in [6.07, 6.45) is 0. The average Bonchev–Trinajstić information content (AvgIpc) is 2.60. The maximum Gasteiger partial charge on any atom is 0.322 e. The number of carbonyl (C=O) groups is 1. The van der Waals surface area contributed by atoms with E-state index in [0.29, 0.717) is 22.2 Å². The molecule has 7 nitrogen and oxygen atoms in total. The molecule has 0 spiro atoms.